The van der Waals surface area contributed by atoms with Crippen LogP contribution in [0.25, 0.3) is 11.0 Å². The predicted molar refractivity (Wildman–Crippen MR) is 76.5 cm³/mol. The first-order chi connectivity index (χ1) is 9.71. The fourth-order valence-electron chi connectivity index (χ4n) is 2.19. The van der Waals surface area contributed by atoms with Crippen molar-refractivity contribution < 1.29 is 9.90 Å². The molecule has 108 valence electrons. The van der Waals surface area contributed by atoms with E-state index in [4.69, 9.17) is 5.11 Å². The summed E-state index contributed by atoms with van der Waals surface area (Å²) >= 11 is 0. The Kier molecular flexibility index (Phi) is 4.68. The first kappa shape index (κ1) is 14.5. The summed E-state index contributed by atoms with van der Waals surface area (Å²) in [4.78, 5) is 14.1. The Labute approximate surface area is 118 Å². The highest BCUT2D eigenvalue weighted by molar-refractivity contribution is 5.97. The minimum atomic E-state index is -0.0334. The van der Waals surface area contributed by atoms with E-state index in [0.29, 0.717) is 25.1 Å². The fraction of sp³-hybridized carbons (Fsp3) is 0.500. The molecule has 1 amide bonds. The maximum Gasteiger partial charge on any atom is 0.253 e. The fourth-order valence-corrected chi connectivity index (χ4v) is 2.19. The van der Waals surface area contributed by atoms with E-state index < -0.39 is 0 Å². The van der Waals surface area contributed by atoms with Crippen molar-refractivity contribution in [3.05, 3.63) is 23.8 Å². The van der Waals surface area contributed by atoms with E-state index in [9.17, 15) is 4.79 Å². The largest absolute Gasteiger partial charge is 0.396 e. The second-order valence-electron chi connectivity index (χ2n) is 4.57. The van der Waals surface area contributed by atoms with Crippen LogP contribution in [0.2, 0.25) is 0 Å². The van der Waals surface area contributed by atoms with Gasteiger partial charge in [0.15, 0.2) is 0 Å². The van der Waals surface area contributed by atoms with Gasteiger partial charge in [-0.1, -0.05) is 5.21 Å². The molecule has 0 spiro atoms. The molecule has 20 heavy (non-hydrogen) atoms. The van der Waals surface area contributed by atoms with Gasteiger partial charge in [-0.05, 0) is 38.5 Å². The molecule has 0 unspecified atom stereocenters. The number of hydrogen-bond donors (Lipinski definition) is 1. The number of nitrogens with zero attached hydrogens (tertiary/aromatic N) is 4. The lowest BCUT2D eigenvalue weighted by Crippen LogP contribution is -2.32. The number of carbonyl (C=O) groups is 1. The van der Waals surface area contributed by atoms with Gasteiger partial charge in [0.05, 0.1) is 5.52 Å². The lowest BCUT2D eigenvalue weighted by molar-refractivity contribution is 0.0754. The van der Waals surface area contributed by atoms with Crippen LogP contribution in [0.3, 0.4) is 0 Å². The van der Waals surface area contributed by atoms with E-state index in [1.165, 1.54) is 0 Å². The number of benzene rings is 1. The molecule has 1 N–H and O–H groups in total. The molecular formula is C14H20N4O2. The Balaban J connectivity index is 2.25. The van der Waals surface area contributed by atoms with Gasteiger partial charge < -0.3 is 10.0 Å². The number of carbonyl (C=O) groups excluding carboxylic acids is 1. The maximum atomic E-state index is 12.4. The summed E-state index contributed by atoms with van der Waals surface area (Å²) in [7, 11) is 0. The second kappa shape index (κ2) is 6.47. The summed E-state index contributed by atoms with van der Waals surface area (Å²) in [6.07, 6.45) is 0.591. The predicted octanol–water partition coefficient (Wildman–Crippen LogP) is 1.30. The van der Waals surface area contributed by atoms with Crippen molar-refractivity contribution in [1.82, 2.24) is 19.9 Å². The first-order valence-electron chi connectivity index (χ1n) is 6.94. The minimum absolute atomic E-state index is 0.0334. The molecule has 0 saturated heterocycles. The third kappa shape index (κ3) is 2.80. The summed E-state index contributed by atoms with van der Waals surface area (Å²) in [5.41, 5.74) is 2.28. The number of rotatable bonds is 6. The van der Waals surface area contributed by atoms with Gasteiger partial charge in [-0.2, -0.15) is 0 Å². The summed E-state index contributed by atoms with van der Waals surface area (Å²) in [5, 5.41) is 17.0. The summed E-state index contributed by atoms with van der Waals surface area (Å²) in [6, 6.07) is 5.46. The minimum Gasteiger partial charge on any atom is -0.396 e. The Morgan fingerprint density at radius 3 is 2.85 bits per heavy atom. The zero-order valence-electron chi connectivity index (χ0n) is 11.9. The summed E-state index contributed by atoms with van der Waals surface area (Å²) in [6.45, 7) is 5.96. The number of amides is 1. The van der Waals surface area contributed by atoms with Gasteiger partial charge in [-0.3, -0.25) is 4.79 Å². The molecular weight excluding hydrogens is 256 g/mol. The first-order valence-corrected chi connectivity index (χ1v) is 6.94. The zero-order valence-corrected chi connectivity index (χ0v) is 11.9. The van der Waals surface area contributed by atoms with Crippen LogP contribution in [0, 0.1) is 0 Å². The number of aromatic nitrogens is 3. The van der Waals surface area contributed by atoms with Crippen molar-refractivity contribution in [2.45, 2.75) is 26.8 Å². The standard InChI is InChI=1S/C14H20N4O2/c1-3-17(8-5-9-19)14(20)11-6-7-13-12(10-11)15-16-18(13)4-2/h6-7,10,19H,3-5,8-9H2,1-2H3. The number of aryl methyl sites for hydroxylation is 1. The van der Waals surface area contributed by atoms with Crippen molar-refractivity contribution in [3.8, 4) is 0 Å². The Bertz CT molecular complexity index is 594. The molecule has 2 aromatic rings. The second-order valence-corrected chi connectivity index (χ2v) is 4.57. The molecule has 0 bridgehead atoms. The molecule has 1 aromatic heterocycles. The summed E-state index contributed by atoms with van der Waals surface area (Å²) < 4.78 is 1.80. The highest BCUT2D eigenvalue weighted by Gasteiger charge is 2.15. The van der Waals surface area contributed by atoms with Gasteiger partial charge in [-0.25, -0.2) is 4.68 Å². The highest BCUT2D eigenvalue weighted by Crippen LogP contribution is 2.15. The van der Waals surface area contributed by atoms with Crippen LogP contribution in [-0.2, 0) is 6.54 Å². The van der Waals surface area contributed by atoms with Crippen molar-refractivity contribution in [2.24, 2.45) is 0 Å². The number of aliphatic hydroxyl groups excluding tert-OH is 1. The lowest BCUT2D eigenvalue weighted by atomic mass is 10.1. The molecule has 0 fully saturated rings. The zero-order chi connectivity index (χ0) is 14.5. The molecule has 2 rings (SSSR count). The van der Waals surface area contributed by atoms with Gasteiger partial charge in [0.1, 0.15) is 5.52 Å². The quantitative estimate of drug-likeness (QED) is 0.863. The van der Waals surface area contributed by atoms with E-state index in [-0.39, 0.29) is 12.5 Å². The third-order valence-electron chi connectivity index (χ3n) is 3.32. The molecule has 0 aliphatic rings. The highest BCUT2D eigenvalue weighted by atomic mass is 16.3. The Morgan fingerprint density at radius 2 is 2.20 bits per heavy atom. The molecule has 0 radical (unpaired) electrons. The van der Waals surface area contributed by atoms with E-state index in [1.807, 2.05) is 26.0 Å². The molecule has 6 nitrogen and oxygen atoms in total. The van der Waals surface area contributed by atoms with Gasteiger partial charge in [-0.15, -0.1) is 5.10 Å². The molecule has 1 heterocycles. The Morgan fingerprint density at radius 1 is 1.40 bits per heavy atom. The van der Waals surface area contributed by atoms with Crippen LogP contribution in [0.1, 0.15) is 30.6 Å². The topological polar surface area (TPSA) is 71.2 Å². The van der Waals surface area contributed by atoms with Gasteiger partial charge in [0, 0.05) is 31.8 Å². The van der Waals surface area contributed by atoms with Gasteiger partial charge in [0.25, 0.3) is 5.91 Å². The van der Waals surface area contributed by atoms with Crippen LogP contribution >= 0.6 is 0 Å². The van der Waals surface area contributed by atoms with Crippen LogP contribution in [0.5, 0.6) is 0 Å². The smallest absolute Gasteiger partial charge is 0.253 e. The van der Waals surface area contributed by atoms with Gasteiger partial charge in [0.2, 0.25) is 0 Å². The molecule has 0 atom stereocenters. The maximum absolute atomic E-state index is 12.4. The average Bonchev–Trinajstić information content (AvgIpc) is 2.89. The van der Waals surface area contributed by atoms with Crippen LogP contribution < -0.4 is 0 Å². The van der Waals surface area contributed by atoms with E-state index in [0.717, 1.165) is 17.6 Å². The number of aliphatic hydroxyl groups is 1. The number of fused-ring (bicyclic) bond motifs is 1. The normalized spacial score (nSPS) is 10.9. The monoisotopic (exact) mass is 276 g/mol. The molecule has 6 heteroatoms. The molecule has 0 saturated carbocycles. The van der Waals surface area contributed by atoms with E-state index in [2.05, 4.69) is 10.3 Å². The summed E-state index contributed by atoms with van der Waals surface area (Å²) in [5.74, 6) is -0.0334. The van der Waals surface area contributed by atoms with E-state index in [1.54, 1.807) is 15.6 Å². The Hall–Kier alpha value is -1.95. The van der Waals surface area contributed by atoms with Crippen molar-refractivity contribution >= 4 is 16.9 Å². The SMILES string of the molecule is CCN(CCCO)C(=O)c1ccc2c(c1)nnn2CC. The van der Waals surface area contributed by atoms with Crippen LogP contribution in [0.15, 0.2) is 18.2 Å². The van der Waals surface area contributed by atoms with Crippen molar-refractivity contribution in [3.63, 3.8) is 0 Å². The van der Waals surface area contributed by atoms with Crippen molar-refractivity contribution in [1.29, 1.82) is 0 Å². The number of hydrogen-bond acceptors (Lipinski definition) is 4. The lowest BCUT2D eigenvalue weighted by Gasteiger charge is -2.20. The molecule has 0 aliphatic heterocycles. The van der Waals surface area contributed by atoms with Crippen LogP contribution in [0.4, 0.5) is 0 Å². The average molecular weight is 276 g/mol. The van der Waals surface area contributed by atoms with Gasteiger partial charge >= 0.3 is 0 Å². The molecule has 1 aromatic carbocycles. The van der Waals surface area contributed by atoms with Crippen molar-refractivity contribution in [2.75, 3.05) is 19.7 Å². The third-order valence-corrected chi connectivity index (χ3v) is 3.32. The van der Waals surface area contributed by atoms with E-state index >= 15 is 0 Å². The molecule has 0 aliphatic carbocycles. The van der Waals surface area contributed by atoms with Crippen LogP contribution in [-0.4, -0.2) is 50.6 Å².